The Bertz CT molecular complexity index is 406. The van der Waals surface area contributed by atoms with Gasteiger partial charge in [0.05, 0.1) is 5.02 Å². The Morgan fingerprint density at radius 3 is 2.76 bits per heavy atom. The van der Waals surface area contributed by atoms with E-state index in [1.54, 1.807) is 13.0 Å². The van der Waals surface area contributed by atoms with E-state index in [1.165, 1.54) is 12.3 Å². The van der Waals surface area contributed by atoms with E-state index >= 15 is 0 Å². The second-order valence-corrected chi connectivity index (χ2v) is 4.21. The van der Waals surface area contributed by atoms with Crippen molar-refractivity contribution in [3.05, 3.63) is 29.0 Å². The van der Waals surface area contributed by atoms with Crippen molar-refractivity contribution in [3.63, 3.8) is 0 Å². The van der Waals surface area contributed by atoms with Gasteiger partial charge in [0.15, 0.2) is 0 Å². The molecule has 1 heterocycles. The number of amides is 1. The quantitative estimate of drug-likeness (QED) is 0.838. The van der Waals surface area contributed by atoms with Crippen LogP contribution in [0, 0.1) is 5.92 Å². The molecule has 0 aliphatic heterocycles. The first-order valence-electron chi connectivity index (χ1n) is 5.10. The second-order valence-electron chi connectivity index (χ2n) is 3.77. The number of aromatic nitrogens is 1. The van der Waals surface area contributed by atoms with Gasteiger partial charge in [0, 0.05) is 19.2 Å². The second kappa shape index (κ2) is 6.20. The molecule has 0 bridgehead atoms. The van der Waals surface area contributed by atoms with Crippen molar-refractivity contribution >= 4 is 23.5 Å². The number of carbonyl (C=O) groups excluding carboxylic acids is 1. The van der Waals surface area contributed by atoms with Crippen molar-refractivity contribution in [1.82, 2.24) is 10.3 Å². The highest BCUT2D eigenvalue weighted by Gasteiger charge is 2.11. The lowest BCUT2D eigenvalue weighted by atomic mass is 10.1. The summed E-state index contributed by atoms with van der Waals surface area (Å²) in [4.78, 5) is 25.9. The van der Waals surface area contributed by atoms with E-state index < -0.39 is 5.97 Å². The van der Waals surface area contributed by atoms with E-state index in [4.69, 9.17) is 16.7 Å². The maximum Gasteiger partial charge on any atom is 0.303 e. The molecule has 0 saturated carbocycles. The van der Waals surface area contributed by atoms with Gasteiger partial charge < -0.3 is 10.4 Å². The van der Waals surface area contributed by atoms with Crippen molar-refractivity contribution in [1.29, 1.82) is 0 Å². The van der Waals surface area contributed by atoms with Crippen LogP contribution >= 0.6 is 11.6 Å². The summed E-state index contributed by atoms with van der Waals surface area (Å²) in [6.45, 7) is 2.05. The molecule has 1 aromatic heterocycles. The minimum Gasteiger partial charge on any atom is -0.481 e. The van der Waals surface area contributed by atoms with Crippen LogP contribution in [0.5, 0.6) is 0 Å². The summed E-state index contributed by atoms with van der Waals surface area (Å²) in [7, 11) is 0. The molecule has 0 aliphatic carbocycles. The molecule has 1 amide bonds. The zero-order chi connectivity index (χ0) is 12.8. The van der Waals surface area contributed by atoms with E-state index in [-0.39, 0.29) is 23.9 Å². The van der Waals surface area contributed by atoms with Gasteiger partial charge in [-0.3, -0.25) is 9.59 Å². The molecule has 0 spiro atoms. The molecule has 1 unspecified atom stereocenters. The average molecular weight is 257 g/mol. The summed E-state index contributed by atoms with van der Waals surface area (Å²) in [6, 6.07) is 3.09. The molecule has 1 aromatic rings. The van der Waals surface area contributed by atoms with Crippen LogP contribution in [0.1, 0.15) is 23.8 Å². The van der Waals surface area contributed by atoms with Gasteiger partial charge in [-0.2, -0.15) is 0 Å². The van der Waals surface area contributed by atoms with Crippen LogP contribution in [-0.4, -0.2) is 28.5 Å². The lowest BCUT2D eigenvalue weighted by Gasteiger charge is -2.09. The van der Waals surface area contributed by atoms with Gasteiger partial charge in [0.25, 0.3) is 5.91 Å². The van der Waals surface area contributed by atoms with Gasteiger partial charge in [0.1, 0.15) is 5.69 Å². The molecular formula is C11H13ClN2O3. The number of carboxylic acids is 1. The highest BCUT2D eigenvalue weighted by molar-refractivity contribution is 6.30. The first kappa shape index (κ1) is 13.4. The van der Waals surface area contributed by atoms with Gasteiger partial charge in [0.2, 0.25) is 0 Å². The van der Waals surface area contributed by atoms with Crippen LogP contribution in [0.2, 0.25) is 5.02 Å². The third-order valence-electron chi connectivity index (χ3n) is 2.09. The van der Waals surface area contributed by atoms with E-state index in [0.717, 1.165) is 0 Å². The predicted octanol–water partition coefficient (Wildman–Crippen LogP) is 1.58. The lowest BCUT2D eigenvalue weighted by molar-refractivity contribution is -0.137. The molecule has 1 rings (SSSR count). The molecule has 1 atom stereocenters. The van der Waals surface area contributed by atoms with Crippen LogP contribution in [0.25, 0.3) is 0 Å². The summed E-state index contributed by atoms with van der Waals surface area (Å²) >= 11 is 5.64. The van der Waals surface area contributed by atoms with Crippen LogP contribution in [0.15, 0.2) is 18.3 Å². The van der Waals surface area contributed by atoms with Gasteiger partial charge in [-0.05, 0) is 18.1 Å². The SMILES string of the molecule is CC(CNC(=O)c1ccc(Cl)cn1)CC(=O)O. The van der Waals surface area contributed by atoms with Gasteiger partial charge in [-0.25, -0.2) is 4.98 Å². The zero-order valence-corrected chi connectivity index (χ0v) is 10.1. The monoisotopic (exact) mass is 256 g/mol. The van der Waals surface area contributed by atoms with Crippen molar-refractivity contribution in [3.8, 4) is 0 Å². The van der Waals surface area contributed by atoms with E-state index in [2.05, 4.69) is 10.3 Å². The number of carbonyl (C=O) groups is 2. The maximum absolute atomic E-state index is 11.6. The molecule has 5 nitrogen and oxygen atoms in total. The summed E-state index contributed by atoms with van der Waals surface area (Å²) in [5.74, 6) is -1.33. The third-order valence-corrected chi connectivity index (χ3v) is 2.32. The van der Waals surface area contributed by atoms with Crippen molar-refractivity contribution < 1.29 is 14.7 Å². The Hall–Kier alpha value is -1.62. The number of pyridine rings is 1. The molecular weight excluding hydrogens is 244 g/mol. The van der Waals surface area contributed by atoms with Gasteiger partial charge in [-0.15, -0.1) is 0 Å². The normalized spacial score (nSPS) is 11.9. The number of rotatable bonds is 5. The fraction of sp³-hybridized carbons (Fsp3) is 0.364. The summed E-state index contributed by atoms with van der Waals surface area (Å²) in [5.41, 5.74) is 0.261. The molecule has 0 aromatic carbocycles. The Kier molecular flexibility index (Phi) is 4.90. The minimum atomic E-state index is -0.878. The topological polar surface area (TPSA) is 79.3 Å². The highest BCUT2D eigenvalue weighted by atomic mass is 35.5. The fourth-order valence-corrected chi connectivity index (χ4v) is 1.35. The Morgan fingerprint density at radius 1 is 1.53 bits per heavy atom. The van der Waals surface area contributed by atoms with Crippen LogP contribution in [0.4, 0.5) is 0 Å². The molecule has 0 aliphatic rings. The molecule has 0 fully saturated rings. The minimum absolute atomic E-state index is 0.0221. The van der Waals surface area contributed by atoms with Gasteiger partial charge >= 0.3 is 5.97 Å². The number of carboxylic acid groups (broad SMARTS) is 1. The predicted molar refractivity (Wildman–Crippen MR) is 63.0 cm³/mol. The molecule has 17 heavy (non-hydrogen) atoms. The highest BCUT2D eigenvalue weighted by Crippen LogP contribution is 2.06. The Morgan fingerprint density at radius 2 is 2.24 bits per heavy atom. The number of aliphatic carboxylic acids is 1. The fourth-order valence-electron chi connectivity index (χ4n) is 1.24. The summed E-state index contributed by atoms with van der Waals surface area (Å²) < 4.78 is 0. The first-order valence-corrected chi connectivity index (χ1v) is 5.48. The van der Waals surface area contributed by atoms with Crippen molar-refractivity contribution in [2.75, 3.05) is 6.54 Å². The van der Waals surface area contributed by atoms with E-state index in [0.29, 0.717) is 11.6 Å². The maximum atomic E-state index is 11.6. The summed E-state index contributed by atoms with van der Waals surface area (Å²) in [6.07, 6.45) is 1.41. The van der Waals surface area contributed by atoms with Crippen LogP contribution < -0.4 is 5.32 Å². The first-order chi connectivity index (χ1) is 7.99. The smallest absolute Gasteiger partial charge is 0.303 e. The third kappa shape index (κ3) is 4.82. The van der Waals surface area contributed by atoms with Gasteiger partial charge in [-0.1, -0.05) is 18.5 Å². The lowest BCUT2D eigenvalue weighted by Crippen LogP contribution is -2.29. The number of nitrogens with zero attached hydrogens (tertiary/aromatic N) is 1. The number of hydrogen-bond acceptors (Lipinski definition) is 3. The Balaban J connectivity index is 2.44. The summed E-state index contributed by atoms with van der Waals surface area (Å²) in [5, 5.41) is 11.6. The molecule has 2 N–H and O–H groups in total. The number of hydrogen-bond donors (Lipinski definition) is 2. The van der Waals surface area contributed by atoms with Crippen molar-refractivity contribution in [2.45, 2.75) is 13.3 Å². The standard InChI is InChI=1S/C11H13ClN2O3/c1-7(4-10(15)16)5-14-11(17)9-3-2-8(12)6-13-9/h2-3,6-7H,4-5H2,1H3,(H,14,17)(H,15,16). The largest absolute Gasteiger partial charge is 0.481 e. The Labute approximate surface area is 104 Å². The van der Waals surface area contributed by atoms with Crippen LogP contribution in [0.3, 0.4) is 0 Å². The average Bonchev–Trinajstić information content (AvgIpc) is 2.26. The molecule has 0 saturated heterocycles. The van der Waals surface area contributed by atoms with Crippen LogP contribution in [-0.2, 0) is 4.79 Å². The molecule has 6 heteroatoms. The number of halogens is 1. The van der Waals surface area contributed by atoms with E-state index in [1.807, 2.05) is 0 Å². The molecule has 0 radical (unpaired) electrons. The zero-order valence-electron chi connectivity index (χ0n) is 9.31. The van der Waals surface area contributed by atoms with Crippen molar-refractivity contribution in [2.24, 2.45) is 5.92 Å². The number of nitrogens with one attached hydrogen (secondary N) is 1. The molecule has 92 valence electrons. The van der Waals surface area contributed by atoms with E-state index in [9.17, 15) is 9.59 Å².